The second-order valence-corrected chi connectivity index (χ2v) is 9.69. The normalized spacial score (nSPS) is 13.8. The molecule has 169 valence electrons. The van der Waals surface area contributed by atoms with Gasteiger partial charge in [0.2, 0.25) is 0 Å². The Morgan fingerprint density at radius 1 is 0.606 bits per heavy atom. The summed E-state index contributed by atoms with van der Waals surface area (Å²) in [5, 5.41) is 0. The quantitative estimate of drug-likeness (QED) is 0.374. The number of aromatic amines is 2. The van der Waals surface area contributed by atoms with Gasteiger partial charge in [-0.2, -0.15) is 0 Å². The maximum Gasteiger partial charge on any atom is 2.00 e. The van der Waals surface area contributed by atoms with E-state index in [9.17, 15) is 25.9 Å². The van der Waals surface area contributed by atoms with Crippen molar-refractivity contribution >= 4 is 64.3 Å². The van der Waals surface area contributed by atoms with Gasteiger partial charge in [0.05, 0.1) is 32.6 Å². The molecule has 2 N–H and O–H groups in total. The predicted molar refractivity (Wildman–Crippen MR) is 116 cm³/mol. The van der Waals surface area contributed by atoms with Gasteiger partial charge in [-0.05, 0) is 60.7 Å². The fourth-order valence-corrected chi connectivity index (χ4v) is 5.51. The molecule has 13 heteroatoms. The maximum absolute atomic E-state index is 11.9. The fourth-order valence-electron chi connectivity index (χ4n) is 3.51. The molecule has 0 saturated carbocycles. The van der Waals surface area contributed by atoms with E-state index in [4.69, 9.17) is 0 Å². The number of aromatic nitrogens is 4. The zero-order chi connectivity index (χ0) is 22.7. The smallest absolute Gasteiger partial charge is 0.744 e. The van der Waals surface area contributed by atoms with Crippen molar-refractivity contribution in [2.45, 2.75) is 0 Å². The molecule has 0 unspecified atom stereocenters. The van der Waals surface area contributed by atoms with Crippen molar-refractivity contribution in [1.82, 2.24) is 19.9 Å². The molecule has 5 heterocycles. The first kappa shape index (κ1) is 23.1. The summed E-state index contributed by atoms with van der Waals surface area (Å²) in [5.41, 5.74) is 2.37. The first-order valence-corrected chi connectivity index (χ1v) is 11.9. The van der Waals surface area contributed by atoms with Gasteiger partial charge >= 0.3 is 16.8 Å². The third kappa shape index (κ3) is 4.55. The molecule has 0 spiro atoms. The van der Waals surface area contributed by atoms with Crippen molar-refractivity contribution < 1.29 is 42.7 Å². The van der Waals surface area contributed by atoms with Gasteiger partial charge in [-0.15, -0.1) is 0 Å². The number of nitrogens with one attached hydrogen (secondary N) is 2. The third-order valence-corrected chi connectivity index (χ3v) is 6.70. The average molecular weight is 527 g/mol. The first-order chi connectivity index (χ1) is 15.1. The topological polar surface area (TPSA) is 172 Å². The van der Waals surface area contributed by atoms with Crippen molar-refractivity contribution in [1.29, 1.82) is 0 Å². The predicted octanol–water partition coefficient (Wildman–Crippen LogP) is 2.40. The van der Waals surface area contributed by atoms with Gasteiger partial charge in [0.25, 0.3) is 0 Å². The van der Waals surface area contributed by atoms with Crippen molar-refractivity contribution in [2.75, 3.05) is 0 Å². The molecular weight excluding hydrogens is 515 g/mol. The molecule has 3 aromatic rings. The molecule has 10 nitrogen and oxygen atoms in total. The van der Waals surface area contributed by atoms with E-state index in [1.807, 2.05) is 12.1 Å². The molecule has 5 rings (SSSR count). The summed E-state index contributed by atoms with van der Waals surface area (Å²) in [5.74, 6) is 0. The molecular formula is C20H12CoN4O6S2. The fraction of sp³-hybridized carbons (Fsp3) is 0. The van der Waals surface area contributed by atoms with Gasteiger partial charge in [-0.3, -0.25) is 0 Å². The number of hydrogen-bond acceptors (Lipinski definition) is 8. The summed E-state index contributed by atoms with van der Waals surface area (Å²) in [6.45, 7) is 0. The number of H-pyrrole nitrogens is 2. The molecule has 0 saturated heterocycles. The standard InChI is InChI=1S/C20H14N4O6S2.Co/c25-31(26,27)19-17-9-15-5-3-13(22-15)7-11-1-2-12(21-11)8-14-4-6-16(23-14)10-18(24-17)20(19)32(28,29)30;/h1-10,21-22H,(H,25,26,27)(H,28,29,30);/q;+2/p-2. The van der Waals surface area contributed by atoms with E-state index in [0.717, 1.165) is 17.1 Å². The van der Waals surface area contributed by atoms with E-state index in [1.54, 1.807) is 36.4 Å². The van der Waals surface area contributed by atoms with E-state index in [0.29, 0.717) is 16.7 Å². The molecule has 2 aliphatic rings. The van der Waals surface area contributed by atoms with Gasteiger partial charge in [-0.25, -0.2) is 26.8 Å². The van der Waals surface area contributed by atoms with E-state index in [2.05, 4.69) is 19.9 Å². The van der Waals surface area contributed by atoms with Crippen molar-refractivity contribution in [3.8, 4) is 0 Å². The number of nitrogens with zero attached hydrogens (tertiary/aromatic N) is 2. The maximum atomic E-state index is 11.9. The second-order valence-electron chi connectivity index (χ2n) is 7.06. The van der Waals surface area contributed by atoms with Crippen molar-refractivity contribution in [3.05, 3.63) is 71.3 Å². The Bertz CT molecular complexity index is 1730. The molecule has 0 aromatic carbocycles. The third-order valence-electron chi connectivity index (χ3n) is 4.75. The van der Waals surface area contributed by atoms with E-state index < -0.39 is 41.4 Å². The van der Waals surface area contributed by atoms with Crippen LogP contribution in [0.25, 0.3) is 44.0 Å². The monoisotopic (exact) mass is 527 g/mol. The molecule has 3 aromatic heterocycles. The Morgan fingerprint density at radius 2 is 1.03 bits per heavy atom. The summed E-state index contributed by atoms with van der Waals surface area (Å²) in [7, 11) is -10.7. The Kier molecular flexibility index (Phi) is 5.64. The van der Waals surface area contributed by atoms with E-state index in [-0.39, 0.29) is 22.5 Å². The Morgan fingerprint density at radius 3 is 1.55 bits per heavy atom. The van der Waals surface area contributed by atoms with Gasteiger partial charge in [-0.1, -0.05) is 0 Å². The Hall–Kier alpha value is -3.07. The summed E-state index contributed by atoms with van der Waals surface area (Å²) in [6.07, 6.45) is 3.19. The van der Waals surface area contributed by atoms with Gasteiger partial charge in [0.15, 0.2) is 0 Å². The molecule has 0 atom stereocenters. The number of hydrogen-bond donors (Lipinski definition) is 2. The van der Waals surface area contributed by atoms with Gasteiger partial charge in [0.1, 0.15) is 20.2 Å². The van der Waals surface area contributed by atoms with Crippen LogP contribution in [0.3, 0.4) is 0 Å². The summed E-state index contributed by atoms with van der Waals surface area (Å²) >= 11 is 0. The van der Waals surface area contributed by atoms with Crippen LogP contribution in [0, 0.1) is 0 Å². The van der Waals surface area contributed by atoms with Gasteiger partial charge < -0.3 is 19.1 Å². The van der Waals surface area contributed by atoms with Crippen LogP contribution in [0.5, 0.6) is 0 Å². The van der Waals surface area contributed by atoms with Crippen molar-refractivity contribution in [3.63, 3.8) is 0 Å². The summed E-state index contributed by atoms with van der Waals surface area (Å²) in [4.78, 5) is 12.1. The molecule has 8 bridgehead atoms. The van der Waals surface area contributed by atoms with Crippen LogP contribution >= 0.6 is 0 Å². The van der Waals surface area contributed by atoms with Crippen LogP contribution in [0.2, 0.25) is 0 Å². The zero-order valence-corrected chi connectivity index (χ0v) is 18.9. The van der Waals surface area contributed by atoms with Crippen LogP contribution in [0.15, 0.2) is 48.5 Å². The molecule has 0 amide bonds. The molecule has 2 aliphatic heterocycles. The average Bonchev–Trinajstić information content (AvgIpc) is 3.43. The summed E-state index contributed by atoms with van der Waals surface area (Å²) in [6, 6.07) is 12.9. The molecule has 33 heavy (non-hydrogen) atoms. The van der Waals surface area contributed by atoms with E-state index in [1.165, 1.54) is 6.07 Å². The van der Waals surface area contributed by atoms with Gasteiger partial charge in [0, 0.05) is 22.1 Å². The van der Waals surface area contributed by atoms with Crippen LogP contribution in [0.4, 0.5) is 0 Å². The van der Waals surface area contributed by atoms with Crippen LogP contribution in [-0.4, -0.2) is 45.9 Å². The van der Waals surface area contributed by atoms with Crippen LogP contribution in [0.1, 0.15) is 22.8 Å². The van der Waals surface area contributed by atoms with E-state index >= 15 is 0 Å². The number of fused-ring (bicyclic) bond motifs is 8. The van der Waals surface area contributed by atoms with Crippen LogP contribution < -0.4 is 0 Å². The van der Waals surface area contributed by atoms with Crippen LogP contribution in [-0.2, 0) is 37.0 Å². The number of rotatable bonds is 2. The second kappa shape index (κ2) is 8.05. The zero-order valence-electron chi connectivity index (χ0n) is 16.3. The minimum absolute atomic E-state index is 0. The Balaban J connectivity index is 0.00000259. The molecule has 0 fully saturated rings. The molecule has 1 radical (unpaired) electrons. The minimum Gasteiger partial charge on any atom is -0.744 e. The van der Waals surface area contributed by atoms with Crippen molar-refractivity contribution in [2.24, 2.45) is 0 Å². The largest absolute Gasteiger partial charge is 2.00 e. The minimum atomic E-state index is -5.36. The SMILES string of the molecule is O=S(=O)([O-])C1=C(S(=O)(=O)[O-])c2cc3ccc(cc4ccc(cc5nc(cc1n2)C=C5)[nH]4)[nH]3.[Co+2]. The summed E-state index contributed by atoms with van der Waals surface area (Å²) < 4.78 is 71.6. The first-order valence-electron chi connectivity index (χ1n) is 9.09. The Labute approximate surface area is 197 Å². The molecule has 0 aliphatic carbocycles.